The molecule has 0 rings (SSSR count). The third-order valence-electron chi connectivity index (χ3n) is 3.89. The van der Waals surface area contributed by atoms with E-state index in [2.05, 4.69) is 19.1 Å². The molecule has 140 valence electrons. The second-order valence-corrected chi connectivity index (χ2v) is 6.16. The summed E-state index contributed by atoms with van der Waals surface area (Å²) in [4.78, 5) is 11.4. The average Bonchev–Trinajstić information content (AvgIpc) is 2.58. The van der Waals surface area contributed by atoms with E-state index < -0.39 is 18.1 Å². The van der Waals surface area contributed by atoms with Gasteiger partial charge >= 0.3 is 5.97 Å². The highest BCUT2D eigenvalue weighted by Crippen LogP contribution is 2.07. The lowest BCUT2D eigenvalue weighted by Crippen LogP contribution is -2.42. The predicted molar refractivity (Wildman–Crippen MR) is 101 cm³/mol. The Kier molecular flexibility index (Phi) is 15.9. The highest BCUT2D eigenvalue weighted by atomic mass is 16.5. The monoisotopic (exact) mass is 339 g/mol. The van der Waals surface area contributed by atoms with E-state index in [1.165, 1.54) is 44.9 Å². The summed E-state index contributed by atoms with van der Waals surface area (Å²) in [5.41, 5.74) is 5.61. The van der Waals surface area contributed by atoms with E-state index in [9.17, 15) is 9.90 Å². The Morgan fingerprint density at radius 1 is 0.958 bits per heavy atom. The molecule has 4 nitrogen and oxygen atoms in total. The summed E-state index contributed by atoms with van der Waals surface area (Å²) in [7, 11) is 0. The Labute approximate surface area is 148 Å². The van der Waals surface area contributed by atoms with Gasteiger partial charge in [0.05, 0.1) is 12.7 Å². The van der Waals surface area contributed by atoms with Crippen LogP contribution < -0.4 is 5.73 Å². The number of hydrogen-bond donors (Lipinski definition) is 2. The molecule has 0 aliphatic heterocycles. The molecule has 2 atom stereocenters. The lowest BCUT2D eigenvalue weighted by atomic mass is 10.1. The molecule has 0 aliphatic carbocycles. The zero-order valence-electron chi connectivity index (χ0n) is 15.6. The molecule has 3 N–H and O–H groups in total. The Hall–Kier alpha value is -1.13. The molecule has 0 unspecified atom stereocenters. The normalized spacial score (nSPS) is 14.3. The molecular weight excluding hydrogens is 302 g/mol. The number of esters is 1. The van der Waals surface area contributed by atoms with Gasteiger partial charge < -0.3 is 15.6 Å². The van der Waals surface area contributed by atoms with Crippen molar-refractivity contribution in [3.8, 4) is 0 Å². The highest BCUT2D eigenvalue weighted by Gasteiger charge is 2.21. The van der Waals surface area contributed by atoms with E-state index in [1.807, 2.05) is 6.08 Å². The topological polar surface area (TPSA) is 72.5 Å². The molecule has 0 amide bonds. The molecule has 0 bridgehead atoms. The molecule has 0 aromatic rings. The minimum absolute atomic E-state index is 0.274. The summed E-state index contributed by atoms with van der Waals surface area (Å²) in [6.45, 7) is 4.23. The van der Waals surface area contributed by atoms with Gasteiger partial charge in [-0.15, -0.1) is 0 Å². The van der Waals surface area contributed by atoms with Gasteiger partial charge in [0.2, 0.25) is 0 Å². The van der Waals surface area contributed by atoms with Gasteiger partial charge in [-0.25, -0.2) is 0 Å². The largest absolute Gasteiger partial charge is 0.465 e. The summed E-state index contributed by atoms with van der Waals surface area (Å²) in [6.07, 6.45) is 19.1. The molecular formula is C20H37NO3. The number of nitrogens with two attached hydrogens (primary N) is 1. The molecule has 0 aromatic carbocycles. The maximum Gasteiger partial charge on any atom is 0.325 e. The van der Waals surface area contributed by atoms with Crippen LogP contribution in [0.1, 0.15) is 78.1 Å². The van der Waals surface area contributed by atoms with Crippen LogP contribution in [-0.2, 0) is 9.53 Å². The SMILES string of the molecule is CCCCCC/C=C\CCCCC/C=C/[C@@H](O)[C@@H](N)C(=O)OCC. The van der Waals surface area contributed by atoms with Gasteiger partial charge in [0.25, 0.3) is 0 Å². The minimum Gasteiger partial charge on any atom is -0.465 e. The van der Waals surface area contributed by atoms with Gasteiger partial charge in [-0.3, -0.25) is 4.79 Å². The number of rotatable bonds is 15. The van der Waals surface area contributed by atoms with Crippen LogP contribution in [0.3, 0.4) is 0 Å². The first-order valence-electron chi connectivity index (χ1n) is 9.55. The smallest absolute Gasteiger partial charge is 0.325 e. The zero-order chi connectivity index (χ0) is 18.0. The van der Waals surface area contributed by atoms with Gasteiger partial charge in [-0.1, -0.05) is 56.9 Å². The molecule has 4 heteroatoms. The fourth-order valence-electron chi connectivity index (χ4n) is 2.36. The molecule has 0 aliphatic rings. The molecule has 0 fully saturated rings. The van der Waals surface area contributed by atoms with Gasteiger partial charge in [-0.2, -0.15) is 0 Å². The summed E-state index contributed by atoms with van der Waals surface area (Å²) >= 11 is 0. The van der Waals surface area contributed by atoms with Crippen LogP contribution in [0.25, 0.3) is 0 Å². The van der Waals surface area contributed by atoms with Gasteiger partial charge in [-0.05, 0) is 45.4 Å². The molecule has 0 radical (unpaired) electrons. The van der Waals surface area contributed by atoms with E-state index in [0.29, 0.717) is 0 Å². The van der Waals surface area contributed by atoms with E-state index in [-0.39, 0.29) is 6.61 Å². The van der Waals surface area contributed by atoms with Crippen molar-refractivity contribution in [2.45, 2.75) is 90.2 Å². The van der Waals surface area contributed by atoms with E-state index >= 15 is 0 Å². The van der Waals surface area contributed by atoms with Crippen molar-refractivity contribution in [1.29, 1.82) is 0 Å². The Morgan fingerprint density at radius 3 is 2.04 bits per heavy atom. The van der Waals surface area contributed by atoms with Crippen molar-refractivity contribution in [3.05, 3.63) is 24.3 Å². The number of aliphatic hydroxyl groups excluding tert-OH is 1. The second-order valence-electron chi connectivity index (χ2n) is 6.16. The van der Waals surface area contributed by atoms with Crippen molar-refractivity contribution in [2.75, 3.05) is 6.61 Å². The fraction of sp³-hybridized carbons (Fsp3) is 0.750. The van der Waals surface area contributed by atoms with Gasteiger partial charge in [0, 0.05) is 0 Å². The van der Waals surface area contributed by atoms with Crippen LogP contribution in [0, 0.1) is 0 Å². The number of unbranched alkanes of at least 4 members (excludes halogenated alkanes) is 8. The van der Waals surface area contributed by atoms with E-state index in [4.69, 9.17) is 10.5 Å². The predicted octanol–water partition coefficient (Wildman–Crippen LogP) is 4.27. The van der Waals surface area contributed by atoms with Crippen LogP contribution >= 0.6 is 0 Å². The summed E-state index contributed by atoms with van der Waals surface area (Å²) in [5.74, 6) is -0.559. The molecule has 0 heterocycles. The number of carbonyl (C=O) groups excluding carboxylic acids is 1. The quantitative estimate of drug-likeness (QED) is 0.265. The van der Waals surface area contributed by atoms with Crippen molar-refractivity contribution in [2.24, 2.45) is 5.73 Å². The second kappa shape index (κ2) is 16.7. The lowest BCUT2D eigenvalue weighted by Gasteiger charge is -2.13. The standard InChI is InChI=1S/C20H37NO3/c1-3-5-6-7-8-9-10-11-12-13-14-15-16-17-18(22)19(21)20(23)24-4-2/h9-10,16-19,22H,3-8,11-15,21H2,1-2H3/b10-9-,17-16+/t18-,19-/m1/s1. The van der Waals surface area contributed by atoms with Crippen molar-refractivity contribution in [1.82, 2.24) is 0 Å². The maximum atomic E-state index is 11.4. The van der Waals surface area contributed by atoms with Crippen LogP contribution in [0.4, 0.5) is 0 Å². The van der Waals surface area contributed by atoms with Crippen LogP contribution in [0.2, 0.25) is 0 Å². The van der Waals surface area contributed by atoms with Crippen molar-refractivity contribution >= 4 is 5.97 Å². The first-order valence-corrected chi connectivity index (χ1v) is 9.55. The molecule has 0 saturated carbocycles. The number of aliphatic hydroxyl groups is 1. The lowest BCUT2D eigenvalue weighted by molar-refractivity contribution is -0.146. The van der Waals surface area contributed by atoms with Crippen LogP contribution in [0.5, 0.6) is 0 Å². The minimum atomic E-state index is -0.997. The number of hydrogen-bond acceptors (Lipinski definition) is 4. The maximum absolute atomic E-state index is 11.4. The van der Waals surface area contributed by atoms with Crippen molar-refractivity contribution < 1.29 is 14.6 Å². The van der Waals surface area contributed by atoms with Crippen LogP contribution in [0.15, 0.2) is 24.3 Å². The van der Waals surface area contributed by atoms with Crippen LogP contribution in [-0.4, -0.2) is 29.8 Å². The zero-order valence-corrected chi connectivity index (χ0v) is 15.6. The summed E-state index contributed by atoms with van der Waals surface area (Å²) in [5, 5.41) is 9.77. The average molecular weight is 340 g/mol. The highest BCUT2D eigenvalue weighted by molar-refractivity contribution is 5.76. The molecule has 24 heavy (non-hydrogen) atoms. The third-order valence-corrected chi connectivity index (χ3v) is 3.89. The number of allylic oxidation sites excluding steroid dienone is 3. The molecule has 0 aromatic heterocycles. The summed E-state index contributed by atoms with van der Waals surface area (Å²) in [6, 6.07) is -0.997. The first-order chi connectivity index (χ1) is 11.6. The summed E-state index contributed by atoms with van der Waals surface area (Å²) < 4.78 is 4.78. The van der Waals surface area contributed by atoms with E-state index in [1.54, 1.807) is 13.0 Å². The Balaban J connectivity index is 3.55. The fourth-order valence-corrected chi connectivity index (χ4v) is 2.36. The molecule has 0 saturated heterocycles. The number of carbonyl (C=O) groups is 1. The first kappa shape index (κ1) is 22.9. The number of ether oxygens (including phenoxy) is 1. The molecule has 0 spiro atoms. The van der Waals surface area contributed by atoms with E-state index in [0.717, 1.165) is 19.3 Å². The van der Waals surface area contributed by atoms with Gasteiger partial charge in [0.1, 0.15) is 6.04 Å². The third kappa shape index (κ3) is 13.3. The Bertz CT molecular complexity index is 353. The van der Waals surface area contributed by atoms with Gasteiger partial charge in [0.15, 0.2) is 0 Å². The Morgan fingerprint density at radius 2 is 1.50 bits per heavy atom. The van der Waals surface area contributed by atoms with Crippen molar-refractivity contribution in [3.63, 3.8) is 0 Å².